The summed E-state index contributed by atoms with van der Waals surface area (Å²) in [5.74, 6) is -2.44. The summed E-state index contributed by atoms with van der Waals surface area (Å²) in [6, 6.07) is 15.5. The smallest absolute Gasteiger partial charge is 0.257 e. The molecule has 4 saturated heterocycles. The maximum Gasteiger partial charge on any atom is 0.257 e. The molecule has 4 amide bonds. The van der Waals surface area contributed by atoms with E-state index in [1.54, 1.807) is 39.9 Å². The van der Waals surface area contributed by atoms with Crippen LogP contribution in [-0.4, -0.2) is 129 Å². The van der Waals surface area contributed by atoms with E-state index in [4.69, 9.17) is 0 Å². The molecule has 8 heterocycles. The number of nitrogens with one attached hydrogen (secondary N) is 2. The lowest BCUT2D eigenvalue weighted by Gasteiger charge is -2.42. The van der Waals surface area contributed by atoms with Gasteiger partial charge in [-0.2, -0.15) is 0 Å². The highest BCUT2D eigenvalue weighted by atomic mass is 19.1. The Morgan fingerprint density at radius 3 is 2.31 bits per heavy atom. The van der Waals surface area contributed by atoms with E-state index >= 15 is 8.78 Å². The van der Waals surface area contributed by atoms with E-state index in [9.17, 15) is 24.0 Å². The number of aromatic nitrogens is 3. The number of carbonyl (C=O) groups is 4. The van der Waals surface area contributed by atoms with Crippen LogP contribution in [0.2, 0.25) is 0 Å². The van der Waals surface area contributed by atoms with Crippen LogP contribution in [0.15, 0.2) is 71.8 Å². The number of nitrogens with zero attached hydrogens (tertiary/aromatic N) is 8. The Morgan fingerprint density at radius 1 is 0.889 bits per heavy atom. The Hall–Kier alpha value is -6.30. The quantitative estimate of drug-likeness (QED) is 0.141. The van der Waals surface area contributed by atoms with Gasteiger partial charge in [0, 0.05) is 130 Å². The summed E-state index contributed by atoms with van der Waals surface area (Å²) < 4.78 is 35.6. The zero-order chi connectivity index (χ0) is 50.7. The maximum atomic E-state index is 16.0. The summed E-state index contributed by atoms with van der Waals surface area (Å²) in [6.45, 7) is 14.9. The highest BCUT2D eigenvalue weighted by Crippen LogP contribution is 2.44. The number of pyridine rings is 2. The van der Waals surface area contributed by atoms with E-state index in [-0.39, 0.29) is 52.8 Å². The molecular weight excluding hydrogens is 919 g/mol. The molecule has 3 aromatic heterocycles. The molecule has 5 aliphatic heterocycles. The monoisotopic (exact) mass is 985 g/mol. The standard InChI is InChI=1S/C55H66F2N10O5/c1-33-30-62(31-36-7-8-45-41(25-36)55(3,4)54(72)67(45)46-9-10-48(68)60-52(46)70)23-24-65(33)32-35-12-18-64(19-13-35)53(71)38-26-42(56)50(43(57)27-38)37-14-20-63(21-15-37)34(2)47-29-40-44(11-17-59-51(40)61(47)6)66-22-16-39(58-5)28-49(66)69/h7-8,11,16-17,22,25-29,33-35,37,46,58H,9-10,12-15,18-21,23-24,30-32H2,1-6H3,(H,60,68,70)/t33-,34-,46?/m0/s1. The van der Waals surface area contributed by atoms with Crippen molar-refractivity contribution in [3.8, 4) is 5.69 Å². The number of carbonyl (C=O) groups excluding carboxylic acids is 4. The molecular formula is C55H66F2N10O5. The average Bonchev–Trinajstić information content (AvgIpc) is 3.80. The summed E-state index contributed by atoms with van der Waals surface area (Å²) in [6.07, 6.45) is 6.76. The number of aryl methyl sites for hydroxylation is 1. The fraction of sp³-hybridized carbons (Fsp3) is 0.491. The molecule has 10 rings (SSSR count). The molecule has 72 heavy (non-hydrogen) atoms. The molecule has 0 radical (unpaired) electrons. The number of fused-ring (bicyclic) bond motifs is 2. The van der Waals surface area contributed by atoms with E-state index in [0.717, 1.165) is 90.5 Å². The molecule has 1 unspecified atom stereocenters. The van der Waals surface area contributed by atoms with Crippen LogP contribution in [0.1, 0.15) is 111 Å². The first kappa shape index (κ1) is 49.3. The number of piperidine rings is 3. The summed E-state index contributed by atoms with van der Waals surface area (Å²) in [7, 11) is 3.75. The number of anilines is 2. The molecule has 5 aromatic rings. The lowest BCUT2D eigenvalue weighted by atomic mass is 9.85. The third-order valence-corrected chi connectivity index (χ3v) is 16.6. The molecule has 2 aromatic carbocycles. The van der Waals surface area contributed by atoms with Gasteiger partial charge in [0.15, 0.2) is 0 Å². The summed E-state index contributed by atoms with van der Waals surface area (Å²) >= 11 is 0. The van der Waals surface area contributed by atoms with Gasteiger partial charge in [0.05, 0.1) is 11.1 Å². The van der Waals surface area contributed by atoms with Crippen LogP contribution in [0.25, 0.3) is 16.7 Å². The fourth-order valence-corrected chi connectivity index (χ4v) is 12.3. The number of piperazine rings is 1. The van der Waals surface area contributed by atoms with Crippen molar-refractivity contribution in [1.82, 2.24) is 39.0 Å². The molecule has 3 atom stereocenters. The highest BCUT2D eigenvalue weighted by molar-refractivity contribution is 6.13. The van der Waals surface area contributed by atoms with Crippen molar-refractivity contribution < 1.29 is 28.0 Å². The van der Waals surface area contributed by atoms with Crippen molar-refractivity contribution in [3.05, 3.63) is 117 Å². The number of imide groups is 1. The van der Waals surface area contributed by atoms with Crippen molar-refractivity contribution in [3.63, 3.8) is 0 Å². The van der Waals surface area contributed by atoms with E-state index in [0.29, 0.717) is 57.4 Å². The minimum atomic E-state index is -0.797. The van der Waals surface area contributed by atoms with Gasteiger partial charge in [0.1, 0.15) is 23.3 Å². The van der Waals surface area contributed by atoms with Crippen molar-refractivity contribution in [2.45, 2.75) is 102 Å². The Balaban J connectivity index is 0.703. The summed E-state index contributed by atoms with van der Waals surface area (Å²) in [5, 5.41) is 6.26. The largest absolute Gasteiger partial charge is 0.388 e. The molecule has 0 saturated carbocycles. The van der Waals surface area contributed by atoms with E-state index < -0.39 is 29.0 Å². The lowest BCUT2D eigenvalue weighted by molar-refractivity contribution is -0.136. The Morgan fingerprint density at radius 2 is 1.62 bits per heavy atom. The van der Waals surface area contributed by atoms with Gasteiger partial charge in [-0.3, -0.25) is 53.5 Å². The first-order chi connectivity index (χ1) is 34.5. The Kier molecular flexibility index (Phi) is 13.4. The van der Waals surface area contributed by atoms with Crippen LogP contribution >= 0.6 is 0 Å². The second-order valence-electron chi connectivity index (χ2n) is 21.3. The first-order valence-electron chi connectivity index (χ1n) is 25.6. The number of hydrogen-bond donors (Lipinski definition) is 2. The van der Waals surface area contributed by atoms with Gasteiger partial charge in [-0.05, 0) is 132 Å². The zero-order valence-corrected chi connectivity index (χ0v) is 42.2. The van der Waals surface area contributed by atoms with Crippen molar-refractivity contribution in [1.29, 1.82) is 0 Å². The molecule has 17 heteroatoms. The predicted octanol–water partition coefficient (Wildman–Crippen LogP) is 6.47. The van der Waals surface area contributed by atoms with Crippen molar-refractivity contribution in [2.75, 3.05) is 69.6 Å². The van der Waals surface area contributed by atoms with E-state index in [1.165, 1.54) is 12.1 Å². The van der Waals surface area contributed by atoms with Gasteiger partial charge in [-0.25, -0.2) is 13.8 Å². The van der Waals surface area contributed by atoms with Crippen molar-refractivity contribution in [2.24, 2.45) is 13.0 Å². The molecule has 15 nitrogen and oxygen atoms in total. The van der Waals surface area contributed by atoms with E-state index in [2.05, 4.69) is 60.9 Å². The molecule has 0 bridgehead atoms. The molecule has 380 valence electrons. The van der Waals surface area contributed by atoms with Crippen LogP contribution in [-0.2, 0) is 33.4 Å². The van der Waals surface area contributed by atoms with Gasteiger partial charge in [-0.15, -0.1) is 0 Å². The maximum absolute atomic E-state index is 16.0. The van der Waals surface area contributed by atoms with Gasteiger partial charge >= 0.3 is 0 Å². The number of benzene rings is 2. The molecule has 0 spiro atoms. The minimum Gasteiger partial charge on any atom is -0.388 e. The Bertz CT molecular complexity index is 2980. The minimum absolute atomic E-state index is 0.0190. The van der Waals surface area contributed by atoms with Crippen LogP contribution in [0.3, 0.4) is 0 Å². The lowest BCUT2D eigenvalue weighted by Crippen LogP contribution is -2.55. The molecule has 2 N–H and O–H groups in total. The third kappa shape index (κ3) is 9.12. The zero-order valence-electron chi connectivity index (χ0n) is 42.2. The third-order valence-electron chi connectivity index (χ3n) is 16.6. The van der Waals surface area contributed by atoms with Crippen LogP contribution < -0.4 is 21.1 Å². The summed E-state index contributed by atoms with van der Waals surface area (Å²) in [4.78, 5) is 80.3. The van der Waals surface area contributed by atoms with Gasteiger partial charge < -0.3 is 14.8 Å². The van der Waals surface area contributed by atoms with Crippen LogP contribution in [0, 0.1) is 17.6 Å². The SMILES string of the molecule is CNc1ccn(-c2ccnc3c2cc([C@H](C)N2CCC(c4c(F)cc(C(=O)N5CCC(CN6CCN(Cc7ccc8c(c7)C(C)(C)C(=O)N8C7CCC(=O)NC7=O)C[C@@H]6C)CC5)cc4F)CC2)n3C)c(=O)c1. The second kappa shape index (κ2) is 19.6. The number of amides is 4. The first-order valence-corrected chi connectivity index (χ1v) is 25.6. The topological polar surface area (TPSA) is 148 Å². The van der Waals surface area contributed by atoms with Crippen LogP contribution in [0.4, 0.5) is 20.2 Å². The van der Waals surface area contributed by atoms with Gasteiger partial charge in [0.2, 0.25) is 17.7 Å². The number of rotatable bonds is 11. The summed E-state index contributed by atoms with van der Waals surface area (Å²) in [5.41, 5.74) is 5.18. The average molecular weight is 985 g/mol. The van der Waals surface area contributed by atoms with Gasteiger partial charge in [0.25, 0.3) is 11.5 Å². The van der Waals surface area contributed by atoms with E-state index in [1.807, 2.05) is 45.2 Å². The normalized spacial score (nSPS) is 22.1. The number of hydrogen-bond acceptors (Lipinski definition) is 10. The Labute approximate surface area is 419 Å². The predicted molar refractivity (Wildman–Crippen MR) is 272 cm³/mol. The molecule has 4 fully saturated rings. The fourth-order valence-electron chi connectivity index (χ4n) is 12.3. The van der Waals surface area contributed by atoms with Crippen LogP contribution in [0.5, 0.6) is 0 Å². The number of halogens is 2. The second-order valence-corrected chi connectivity index (χ2v) is 21.3. The highest BCUT2D eigenvalue weighted by Gasteiger charge is 2.49. The molecule has 0 aliphatic carbocycles. The van der Waals surface area contributed by atoms with Crippen molar-refractivity contribution >= 4 is 46.0 Å². The van der Waals surface area contributed by atoms with Gasteiger partial charge in [-0.1, -0.05) is 12.1 Å². The molecule has 5 aliphatic rings. The number of likely N-dealkylation sites (tertiary alicyclic amines) is 2.